The third-order valence-electron chi connectivity index (χ3n) is 0.310. The van der Waals surface area contributed by atoms with Gasteiger partial charge in [0.15, 0.2) is 3.84 Å². The van der Waals surface area contributed by atoms with Crippen LogP contribution in [0, 0.1) is 0 Å². The summed E-state index contributed by atoms with van der Waals surface area (Å²) in [5.74, 6) is 0. The van der Waals surface area contributed by atoms with Crippen molar-refractivity contribution in [2.24, 2.45) is 10.7 Å². The van der Waals surface area contributed by atoms with E-state index < -0.39 is 6.23 Å². The maximum atomic E-state index is 8.45. The van der Waals surface area contributed by atoms with Gasteiger partial charge in [-0.3, -0.25) is 0 Å². The van der Waals surface area contributed by atoms with Crippen LogP contribution in [-0.4, -0.2) is 15.2 Å². The third kappa shape index (κ3) is 6.16. The quantitative estimate of drug-likeness (QED) is 0.281. The molecule has 0 aliphatic heterocycles. The van der Waals surface area contributed by atoms with E-state index in [2.05, 4.69) is 4.99 Å². The highest BCUT2D eigenvalue weighted by Gasteiger charge is 1.86. The van der Waals surface area contributed by atoms with Gasteiger partial charge in [0.2, 0.25) is 0 Å². The maximum absolute atomic E-state index is 8.45. The summed E-state index contributed by atoms with van der Waals surface area (Å²) in [6, 6.07) is 0. The van der Waals surface area contributed by atoms with E-state index in [0.29, 0.717) is 3.84 Å². The van der Waals surface area contributed by atoms with Crippen molar-refractivity contribution in [1.29, 1.82) is 0 Å². The molecule has 0 saturated carbocycles. The lowest BCUT2D eigenvalue weighted by molar-refractivity contribution is 0.206. The molecule has 1 unspecified atom stereocenters. The maximum Gasteiger partial charge on any atom is 0.159 e. The van der Waals surface area contributed by atoms with Gasteiger partial charge in [-0.25, -0.2) is 4.99 Å². The van der Waals surface area contributed by atoms with Crippen LogP contribution in [0.15, 0.2) is 4.99 Å². The van der Waals surface area contributed by atoms with Crippen molar-refractivity contribution in [1.82, 2.24) is 0 Å². The zero-order valence-electron chi connectivity index (χ0n) is 3.93. The molecule has 0 fully saturated rings. The second kappa shape index (κ2) is 3.20. The summed E-state index contributed by atoms with van der Waals surface area (Å²) in [6.07, 6.45) is -0.670. The fraction of sp³-hybridized carbons (Fsp3) is 0.667. The SMILES string of the molecule is CC(O)/N=C(\N)I. The summed E-state index contributed by atoms with van der Waals surface area (Å²) in [5, 5.41) is 8.45. The van der Waals surface area contributed by atoms with Gasteiger partial charge in [0, 0.05) is 0 Å². The number of aliphatic hydroxyl groups excluding tert-OH is 1. The molecule has 0 aliphatic carbocycles. The van der Waals surface area contributed by atoms with Gasteiger partial charge < -0.3 is 10.8 Å². The minimum absolute atomic E-state index is 0.382. The zero-order valence-corrected chi connectivity index (χ0v) is 6.08. The Morgan fingerprint density at radius 3 is 2.43 bits per heavy atom. The van der Waals surface area contributed by atoms with Gasteiger partial charge in [-0.1, -0.05) is 0 Å². The molecule has 0 aromatic rings. The number of hydrogen-bond acceptors (Lipinski definition) is 2. The van der Waals surface area contributed by atoms with E-state index in [1.807, 2.05) is 22.6 Å². The first-order valence-electron chi connectivity index (χ1n) is 1.80. The van der Waals surface area contributed by atoms with Gasteiger partial charge >= 0.3 is 0 Å². The van der Waals surface area contributed by atoms with Crippen LogP contribution < -0.4 is 5.73 Å². The Kier molecular flexibility index (Phi) is 3.27. The minimum Gasteiger partial charge on any atom is -0.379 e. The van der Waals surface area contributed by atoms with Gasteiger partial charge in [0.05, 0.1) is 0 Å². The Morgan fingerprint density at radius 1 is 2.00 bits per heavy atom. The molecule has 4 heteroatoms. The first-order valence-corrected chi connectivity index (χ1v) is 2.87. The van der Waals surface area contributed by atoms with Crippen LogP contribution in [0.1, 0.15) is 6.92 Å². The Bertz CT molecular complexity index is 77.0. The summed E-state index contributed by atoms with van der Waals surface area (Å²) in [5.41, 5.74) is 5.07. The van der Waals surface area contributed by atoms with Crippen LogP contribution in [0.4, 0.5) is 0 Å². The summed E-state index contributed by atoms with van der Waals surface area (Å²) in [7, 11) is 0. The van der Waals surface area contributed by atoms with E-state index in [4.69, 9.17) is 10.8 Å². The first-order chi connectivity index (χ1) is 3.13. The van der Waals surface area contributed by atoms with E-state index in [-0.39, 0.29) is 0 Å². The average molecular weight is 214 g/mol. The molecule has 7 heavy (non-hydrogen) atoms. The van der Waals surface area contributed by atoms with Crippen molar-refractivity contribution in [2.45, 2.75) is 13.2 Å². The molecule has 0 bridgehead atoms. The number of halogens is 1. The monoisotopic (exact) mass is 214 g/mol. The molecule has 1 atom stereocenters. The highest BCUT2D eigenvalue weighted by atomic mass is 127. The Hall–Kier alpha value is 0.160. The van der Waals surface area contributed by atoms with Crippen molar-refractivity contribution in [3.63, 3.8) is 0 Å². The predicted octanol–water partition coefficient (Wildman–Crippen LogP) is 0.0744. The van der Waals surface area contributed by atoms with Crippen LogP contribution in [-0.2, 0) is 0 Å². The highest BCUT2D eigenvalue weighted by molar-refractivity contribution is 14.1. The van der Waals surface area contributed by atoms with Gasteiger partial charge in [-0.05, 0) is 29.5 Å². The molecule has 0 aromatic carbocycles. The smallest absolute Gasteiger partial charge is 0.159 e. The zero-order chi connectivity index (χ0) is 5.86. The largest absolute Gasteiger partial charge is 0.379 e. The van der Waals surface area contributed by atoms with Gasteiger partial charge in [-0.2, -0.15) is 0 Å². The lowest BCUT2D eigenvalue weighted by Gasteiger charge is -1.91. The van der Waals surface area contributed by atoms with Crippen molar-refractivity contribution >= 4 is 26.4 Å². The highest BCUT2D eigenvalue weighted by Crippen LogP contribution is 1.85. The van der Waals surface area contributed by atoms with E-state index in [1.165, 1.54) is 0 Å². The molecule has 0 heterocycles. The van der Waals surface area contributed by atoms with E-state index in [0.717, 1.165) is 0 Å². The van der Waals surface area contributed by atoms with Crippen molar-refractivity contribution in [3.8, 4) is 0 Å². The van der Waals surface area contributed by atoms with Crippen LogP contribution in [0.5, 0.6) is 0 Å². The lowest BCUT2D eigenvalue weighted by Crippen LogP contribution is -2.06. The molecule has 0 aromatic heterocycles. The normalized spacial score (nSPS) is 16.7. The molecule has 0 amide bonds. The van der Waals surface area contributed by atoms with Gasteiger partial charge in [-0.15, -0.1) is 0 Å². The van der Waals surface area contributed by atoms with Crippen LogP contribution in [0.25, 0.3) is 0 Å². The van der Waals surface area contributed by atoms with E-state index in [1.54, 1.807) is 6.92 Å². The standard InChI is InChI=1S/C3H7IN2O/c1-2(7)6-3(4)5/h2,7H,1H3,(H2,5,6). The molecule has 0 saturated heterocycles. The molecular weight excluding hydrogens is 207 g/mol. The van der Waals surface area contributed by atoms with Crippen molar-refractivity contribution < 1.29 is 5.11 Å². The molecule has 0 aliphatic rings. The van der Waals surface area contributed by atoms with Crippen molar-refractivity contribution in [2.75, 3.05) is 0 Å². The second-order valence-corrected chi connectivity index (χ2v) is 2.19. The topological polar surface area (TPSA) is 58.6 Å². The molecule has 3 N–H and O–H groups in total. The predicted molar refractivity (Wildman–Crippen MR) is 37.3 cm³/mol. The third-order valence-corrected chi connectivity index (χ3v) is 0.589. The number of nitrogens with two attached hydrogens (primary N) is 1. The Balaban J connectivity index is 3.45. The summed E-state index contributed by atoms with van der Waals surface area (Å²) >= 11 is 1.83. The van der Waals surface area contributed by atoms with Crippen LogP contribution in [0.3, 0.4) is 0 Å². The second-order valence-electron chi connectivity index (χ2n) is 1.08. The van der Waals surface area contributed by atoms with Crippen LogP contribution in [0.2, 0.25) is 0 Å². The fourth-order valence-electron chi connectivity index (χ4n) is 0.178. The molecule has 0 spiro atoms. The molecular formula is C3H7IN2O. The summed E-state index contributed by atoms with van der Waals surface area (Å²) in [4.78, 5) is 3.51. The molecule has 42 valence electrons. The number of nitrogens with zero attached hydrogens (tertiary/aromatic N) is 1. The number of aliphatic imine (C=N–C) groups is 1. The molecule has 0 rings (SSSR count). The average Bonchev–Trinajstić information content (AvgIpc) is 1.27. The van der Waals surface area contributed by atoms with Gasteiger partial charge in [0.1, 0.15) is 6.23 Å². The van der Waals surface area contributed by atoms with E-state index >= 15 is 0 Å². The number of amidine groups is 1. The number of aliphatic hydroxyl groups is 1. The Morgan fingerprint density at radius 2 is 2.43 bits per heavy atom. The number of rotatable bonds is 1. The molecule has 3 nitrogen and oxygen atoms in total. The first kappa shape index (κ1) is 7.16. The summed E-state index contributed by atoms with van der Waals surface area (Å²) in [6.45, 7) is 1.55. The minimum atomic E-state index is -0.670. The van der Waals surface area contributed by atoms with Gasteiger partial charge in [0.25, 0.3) is 0 Å². The lowest BCUT2D eigenvalue weighted by atomic mass is 10.7. The molecule has 0 radical (unpaired) electrons. The fourth-order valence-corrected chi connectivity index (χ4v) is 0.582. The number of hydrogen-bond donors (Lipinski definition) is 2. The summed E-state index contributed by atoms with van der Waals surface area (Å²) < 4.78 is 0.382. The Labute approximate surface area is 55.8 Å². The van der Waals surface area contributed by atoms with Crippen molar-refractivity contribution in [3.05, 3.63) is 0 Å². The van der Waals surface area contributed by atoms with E-state index in [9.17, 15) is 0 Å². The van der Waals surface area contributed by atoms with Crippen LogP contribution >= 0.6 is 22.6 Å².